The smallest absolute Gasteiger partial charge is 0.314 e. The minimum absolute atomic E-state index is 0.0707. The van der Waals surface area contributed by atoms with Gasteiger partial charge in [-0.3, -0.25) is 9.59 Å². The lowest BCUT2D eigenvalue weighted by atomic mass is 9.67. The average Bonchev–Trinajstić information content (AvgIpc) is 2.41. The molecule has 2 fully saturated rings. The van der Waals surface area contributed by atoms with E-state index in [1.807, 2.05) is 6.92 Å². The fraction of sp³-hybridized carbons (Fsp3) is 0.529. The minimum Gasteiger partial charge on any atom is -0.426 e. The first-order valence-corrected chi connectivity index (χ1v) is 7.94. The molecule has 112 valence electrons. The summed E-state index contributed by atoms with van der Waals surface area (Å²) in [5.41, 5.74) is 0.850. The second-order valence-corrected chi connectivity index (χ2v) is 6.66. The quantitative estimate of drug-likeness (QED) is 0.614. The summed E-state index contributed by atoms with van der Waals surface area (Å²) in [6.07, 6.45) is 4.28. The molecule has 2 atom stereocenters. The van der Waals surface area contributed by atoms with Crippen molar-refractivity contribution in [2.24, 2.45) is 17.8 Å². The summed E-state index contributed by atoms with van der Waals surface area (Å²) in [5.74, 6) is 0.722. The SMILES string of the molecule is Cc1cc(Cl)ccc1OC(=O)C1CC2CCCC(C1)C2=O. The molecule has 0 heterocycles. The Morgan fingerprint density at radius 3 is 2.52 bits per heavy atom. The molecule has 2 unspecified atom stereocenters. The number of carbonyl (C=O) groups is 2. The summed E-state index contributed by atoms with van der Waals surface area (Å²) in [6, 6.07) is 5.23. The molecular weight excluding hydrogens is 288 g/mol. The maximum Gasteiger partial charge on any atom is 0.314 e. The van der Waals surface area contributed by atoms with Crippen molar-refractivity contribution < 1.29 is 14.3 Å². The van der Waals surface area contributed by atoms with Crippen LogP contribution in [0.2, 0.25) is 5.02 Å². The Morgan fingerprint density at radius 1 is 1.24 bits per heavy atom. The predicted octanol–water partition coefficient (Wildman–Crippen LogP) is 3.95. The Kier molecular flexibility index (Phi) is 4.03. The van der Waals surface area contributed by atoms with Crippen LogP contribution < -0.4 is 4.74 Å². The molecule has 3 rings (SSSR count). The monoisotopic (exact) mass is 306 g/mol. The van der Waals surface area contributed by atoms with Crippen LogP contribution in [0.25, 0.3) is 0 Å². The molecule has 0 aromatic heterocycles. The van der Waals surface area contributed by atoms with Crippen molar-refractivity contribution in [3.05, 3.63) is 28.8 Å². The maximum atomic E-state index is 12.4. The molecule has 4 heteroatoms. The van der Waals surface area contributed by atoms with Gasteiger partial charge in [-0.2, -0.15) is 0 Å². The largest absolute Gasteiger partial charge is 0.426 e. The minimum atomic E-state index is -0.204. The van der Waals surface area contributed by atoms with Crippen molar-refractivity contribution >= 4 is 23.4 Å². The standard InChI is InChI=1S/C17H19ClO3/c1-10-7-14(18)5-6-15(10)21-17(20)13-8-11-3-2-4-12(9-13)16(11)19/h5-7,11-13H,2-4,8-9H2,1H3. The highest BCUT2D eigenvalue weighted by molar-refractivity contribution is 6.30. The van der Waals surface area contributed by atoms with Gasteiger partial charge in [0.1, 0.15) is 11.5 Å². The molecule has 2 aliphatic rings. The molecular formula is C17H19ClO3. The van der Waals surface area contributed by atoms with Gasteiger partial charge >= 0.3 is 5.97 Å². The van der Waals surface area contributed by atoms with Crippen molar-refractivity contribution in [3.63, 3.8) is 0 Å². The lowest BCUT2D eigenvalue weighted by Gasteiger charge is -2.36. The van der Waals surface area contributed by atoms with Gasteiger partial charge in [-0.1, -0.05) is 18.0 Å². The van der Waals surface area contributed by atoms with Crippen LogP contribution >= 0.6 is 11.6 Å². The molecule has 0 saturated heterocycles. The van der Waals surface area contributed by atoms with Crippen molar-refractivity contribution in [3.8, 4) is 5.75 Å². The van der Waals surface area contributed by atoms with Gasteiger partial charge in [-0.15, -0.1) is 0 Å². The number of aryl methyl sites for hydroxylation is 1. The van der Waals surface area contributed by atoms with E-state index in [1.54, 1.807) is 18.2 Å². The molecule has 1 aromatic carbocycles. The van der Waals surface area contributed by atoms with E-state index in [1.165, 1.54) is 0 Å². The highest BCUT2D eigenvalue weighted by Crippen LogP contribution is 2.40. The topological polar surface area (TPSA) is 43.4 Å². The third-order valence-corrected chi connectivity index (χ3v) is 4.96. The van der Waals surface area contributed by atoms with Crippen molar-refractivity contribution in [1.29, 1.82) is 0 Å². The second-order valence-electron chi connectivity index (χ2n) is 6.23. The molecule has 0 N–H and O–H groups in total. The molecule has 1 aromatic rings. The third-order valence-electron chi connectivity index (χ3n) is 4.73. The van der Waals surface area contributed by atoms with Crippen molar-refractivity contribution in [2.45, 2.75) is 39.0 Å². The lowest BCUT2D eigenvalue weighted by molar-refractivity contribution is -0.145. The number of benzene rings is 1. The van der Waals surface area contributed by atoms with Gasteiger partial charge < -0.3 is 4.74 Å². The van der Waals surface area contributed by atoms with Crippen LogP contribution in [0.5, 0.6) is 5.75 Å². The molecule has 0 amide bonds. The van der Waals surface area contributed by atoms with Gasteiger partial charge in [0.05, 0.1) is 5.92 Å². The van der Waals surface area contributed by atoms with Crippen LogP contribution in [0.3, 0.4) is 0 Å². The predicted molar refractivity (Wildman–Crippen MR) is 80.4 cm³/mol. The molecule has 2 aliphatic carbocycles. The average molecular weight is 307 g/mol. The maximum absolute atomic E-state index is 12.4. The first-order valence-electron chi connectivity index (χ1n) is 7.56. The number of Topliss-reactive ketones (excluding diaryl/α,β-unsaturated/α-hetero) is 1. The highest BCUT2D eigenvalue weighted by Gasteiger charge is 2.41. The van der Waals surface area contributed by atoms with Gasteiger partial charge in [0.25, 0.3) is 0 Å². The van der Waals surface area contributed by atoms with Crippen LogP contribution in [0, 0.1) is 24.7 Å². The number of halogens is 1. The second kappa shape index (κ2) is 5.80. The number of ketones is 1. The van der Waals surface area contributed by atoms with E-state index in [4.69, 9.17) is 16.3 Å². The van der Waals surface area contributed by atoms with Crippen LogP contribution in [0.15, 0.2) is 18.2 Å². The Labute approximate surface area is 129 Å². The van der Waals surface area contributed by atoms with E-state index in [2.05, 4.69) is 0 Å². The van der Waals surface area contributed by atoms with E-state index < -0.39 is 0 Å². The normalized spacial score (nSPS) is 28.3. The first kappa shape index (κ1) is 14.6. The van der Waals surface area contributed by atoms with Gasteiger partial charge in [0.2, 0.25) is 0 Å². The Hall–Kier alpha value is -1.35. The van der Waals surface area contributed by atoms with Crippen LogP contribution in [-0.2, 0) is 9.59 Å². The van der Waals surface area contributed by atoms with E-state index in [9.17, 15) is 9.59 Å². The van der Waals surface area contributed by atoms with Crippen LogP contribution in [-0.4, -0.2) is 11.8 Å². The van der Waals surface area contributed by atoms with Gasteiger partial charge in [0.15, 0.2) is 0 Å². The molecule has 3 nitrogen and oxygen atoms in total. The zero-order valence-corrected chi connectivity index (χ0v) is 12.9. The van der Waals surface area contributed by atoms with E-state index >= 15 is 0 Å². The van der Waals surface area contributed by atoms with E-state index in [-0.39, 0.29) is 23.7 Å². The summed E-state index contributed by atoms with van der Waals surface area (Å²) < 4.78 is 5.53. The number of carbonyl (C=O) groups excluding carboxylic acids is 2. The Balaban J connectivity index is 1.70. The van der Waals surface area contributed by atoms with E-state index in [0.717, 1.165) is 24.8 Å². The first-order chi connectivity index (χ1) is 10.0. The summed E-state index contributed by atoms with van der Waals surface area (Å²) >= 11 is 5.90. The third kappa shape index (κ3) is 2.98. The fourth-order valence-corrected chi connectivity index (χ4v) is 3.82. The summed E-state index contributed by atoms with van der Waals surface area (Å²) in [7, 11) is 0. The summed E-state index contributed by atoms with van der Waals surface area (Å²) in [4.78, 5) is 24.4. The molecule has 0 spiro atoms. The van der Waals surface area contributed by atoms with Crippen molar-refractivity contribution in [1.82, 2.24) is 0 Å². The Morgan fingerprint density at radius 2 is 1.90 bits per heavy atom. The zero-order valence-electron chi connectivity index (χ0n) is 12.1. The number of esters is 1. The number of hydrogen-bond acceptors (Lipinski definition) is 3. The van der Waals surface area contributed by atoms with Crippen molar-refractivity contribution in [2.75, 3.05) is 0 Å². The molecule has 0 radical (unpaired) electrons. The molecule has 21 heavy (non-hydrogen) atoms. The van der Waals surface area contributed by atoms with E-state index in [0.29, 0.717) is 29.4 Å². The number of ether oxygens (including phenoxy) is 1. The fourth-order valence-electron chi connectivity index (χ4n) is 3.59. The highest BCUT2D eigenvalue weighted by atomic mass is 35.5. The van der Waals surface area contributed by atoms with Gasteiger partial charge in [-0.05, 0) is 56.4 Å². The van der Waals surface area contributed by atoms with Gasteiger partial charge in [-0.25, -0.2) is 0 Å². The summed E-state index contributed by atoms with van der Waals surface area (Å²) in [6.45, 7) is 1.87. The molecule has 2 saturated carbocycles. The lowest BCUT2D eigenvalue weighted by Crippen LogP contribution is -2.40. The number of fused-ring (bicyclic) bond motifs is 2. The molecule has 0 aliphatic heterocycles. The number of rotatable bonds is 2. The van der Waals surface area contributed by atoms with Gasteiger partial charge in [0, 0.05) is 16.9 Å². The Bertz CT molecular complexity index is 565. The number of hydrogen-bond donors (Lipinski definition) is 0. The summed E-state index contributed by atoms with van der Waals surface area (Å²) in [5, 5.41) is 0.630. The van der Waals surface area contributed by atoms with Crippen LogP contribution in [0.1, 0.15) is 37.7 Å². The molecule has 2 bridgehead atoms. The zero-order chi connectivity index (χ0) is 15.0. The van der Waals surface area contributed by atoms with Crippen LogP contribution in [0.4, 0.5) is 0 Å².